The molecule has 0 aliphatic heterocycles. The number of hydrogen-bond acceptors (Lipinski definition) is 3. The van der Waals surface area contributed by atoms with Crippen molar-refractivity contribution in [3.63, 3.8) is 0 Å². The van der Waals surface area contributed by atoms with Gasteiger partial charge in [-0.05, 0) is 36.9 Å². The van der Waals surface area contributed by atoms with Gasteiger partial charge in [-0.1, -0.05) is 18.6 Å². The molecule has 0 spiro atoms. The van der Waals surface area contributed by atoms with Gasteiger partial charge in [0.15, 0.2) is 0 Å². The summed E-state index contributed by atoms with van der Waals surface area (Å²) >= 11 is 0. The Morgan fingerprint density at radius 1 is 1.32 bits per heavy atom. The first-order valence-corrected chi connectivity index (χ1v) is 7.56. The van der Waals surface area contributed by atoms with Crippen LogP contribution in [0.4, 0.5) is 0 Å². The summed E-state index contributed by atoms with van der Waals surface area (Å²) in [5.74, 6) is -0.0165. The molecule has 1 heterocycles. The van der Waals surface area contributed by atoms with Crippen LogP contribution in [0.1, 0.15) is 30.9 Å². The van der Waals surface area contributed by atoms with E-state index in [1.54, 1.807) is 11.8 Å². The molecule has 22 heavy (non-hydrogen) atoms. The van der Waals surface area contributed by atoms with Gasteiger partial charge in [0.1, 0.15) is 0 Å². The van der Waals surface area contributed by atoms with Crippen molar-refractivity contribution in [1.82, 2.24) is 9.88 Å². The molecule has 0 unspecified atom stereocenters. The van der Waals surface area contributed by atoms with E-state index >= 15 is 0 Å². The lowest BCUT2D eigenvalue weighted by Gasteiger charge is -2.21. The number of carbonyl (C=O) groups is 1. The van der Waals surface area contributed by atoms with Crippen LogP contribution in [0.5, 0.6) is 0 Å². The molecule has 1 aromatic carbocycles. The maximum Gasteiger partial charge on any atom is 0.253 e. The van der Waals surface area contributed by atoms with Crippen LogP contribution in [-0.4, -0.2) is 34.0 Å². The first kappa shape index (κ1) is 16.2. The largest absolute Gasteiger partial charge is 0.396 e. The van der Waals surface area contributed by atoms with Crippen molar-refractivity contribution in [3.8, 4) is 0 Å². The smallest absolute Gasteiger partial charge is 0.253 e. The van der Waals surface area contributed by atoms with E-state index in [0.29, 0.717) is 24.9 Å². The minimum atomic E-state index is -0.172. The molecular weight excluding hydrogens is 280 g/mol. The number of aromatic amines is 1. The van der Waals surface area contributed by atoms with Gasteiger partial charge in [0.25, 0.3) is 5.56 Å². The van der Waals surface area contributed by atoms with Crippen molar-refractivity contribution in [2.75, 3.05) is 13.2 Å². The maximum absolute atomic E-state index is 12.2. The molecule has 2 N–H and O–H groups in total. The Labute approximate surface area is 129 Å². The molecule has 1 amide bonds. The van der Waals surface area contributed by atoms with E-state index in [9.17, 15) is 9.59 Å². The minimum absolute atomic E-state index is 0.0165. The number of fused-ring (bicyclic) bond motifs is 1. The SMILES string of the molecule is CCC(=O)N(CCCO)Cc1cc2cc(C)ccc2[nH]c1=O. The number of hydrogen-bond donors (Lipinski definition) is 2. The van der Waals surface area contributed by atoms with Gasteiger partial charge in [0, 0.05) is 30.7 Å². The zero-order valence-electron chi connectivity index (χ0n) is 13.1. The number of amides is 1. The predicted octanol–water partition coefficient (Wildman–Crippen LogP) is 1.96. The fourth-order valence-electron chi connectivity index (χ4n) is 2.47. The maximum atomic E-state index is 12.2. The lowest BCUT2D eigenvalue weighted by atomic mass is 10.1. The number of nitrogens with one attached hydrogen (secondary N) is 1. The molecular formula is C17H22N2O3. The number of aromatic nitrogens is 1. The Balaban J connectivity index is 2.33. The Bertz CT molecular complexity index is 721. The summed E-state index contributed by atoms with van der Waals surface area (Å²) in [6.45, 7) is 4.54. The highest BCUT2D eigenvalue weighted by Gasteiger charge is 2.14. The highest BCUT2D eigenvalue weighted by atomic mass is 16.3. The first-order valence-electron chi connectivity index (χ1n) is 7.56. The van der Waals surface area contributed by atoms with E-state index in [-0.39, 0.29) is 24.6 Å². The van der Waals surface area contributed by atoms with E-state index < -0.39 is 0 Å². The normalized spacial score (nSPS) is 10.9. The van der Waals surface area contributed by atoms with E-state index in [4.69, 9.17) is 5.11 Å². The first-order chi connectivity index (χ1) is 10.5. The molecule has 0 atom stereocenters. The molecule has 5 heteroatoms. The highest BCUT2D eigenvalue weighted by molar-refractivity contribution is 5.80. The second-order valence-corrected chi connectivity index (χ2v) is 5.46. The van der Waals surface area contributed by atoms with Crippen LogP contribution in [0.3, 0.4) is 0 Å². The third-order valence-corrected chi connectivity index (χ3v) is 3.68. The van der Waals surface area contributed by atoms with Gasteiger partial charge in [-0.15, -0.1) is 0 Å². The molecule has 0 fully saturated rings. The molecule has 1 aromatic heterocycles. The van der Waals surface area contributed by atoms with Gasteiger partial charge in [0.2, 0.25) is 5.91 Å². The summed E-state index contributed by atoms with van der Waals surface area (Å²) in [7, 11) is 0. The van der Waals surface area contributed by atoms with Crippen LogP contribution < -0.4 is 5.56 Å². The Hall–Kier alpha value is -2.14. The summed E-state index contributed by atoms with van der Waals surface area (Å²) in [6, 6.07) is 7.69. The van der Waals surface area contributed by atoms with Crippen LogP contribution in [0.25, 0.3) is 10.9 Å². The van der Waals surface area contributed by atoms with Crippen LogP contribution in [0.2, 0.25) is 0 Å². The monoisotopic (exact) mass is 302 g/mol. The van der Waals surface area contributed by atoms with Gasteiger partial charge in [-0.3, -0.25) is 9.59 Å². The topological polar surface area (TPSA) is 73.4 Å². The molecule has 0 saturated carbocycles. The Morgan fingerprint density at radius 3 is 2.77 bits per heavy atom. The fraction of sp³-hybridized carbons (Fsp3) is 0.412. The van der Waals surface area contributed by atoms with Crippen LogP contribution in [0, 0.1) is 6.92 Å². The van der Waals surface area contributed by atoms with Crippen molar-refractivity contribution in [3.05, 3.63) is 45.7 Å². The minimum Gasteiger partial charge on any atom is -0.396 e. The van der Waals surface area contributed by atoms with Crippen molar-refractivity contribution in [2.24, 2.45) is 0 Å². The quantitative estimate of drug-likeness (QED) is 0.856. The zero-order chi connectivity index (χ0) is 16.1. The van der Waals surface area contributed by atoms with Crippen molar-refractivity contribution >= 4 is 16.8 Å². The number of rotatable bonds is 6. The standard InChI is InChI=1S/C17H22N2O3/c1-3-16(21)19(7-4-8-20)11-14-10-13-9-12(2)5-6-15(13)18-17(14)22/h5-6,9-10,20H,3-4,7-8,11H2,1-2H3,(H,18,22). The number of nitrogens with zero attached hydrogens (tertiary/aromatic N) is 1. The number of H-pyrrole nitrogens is 1. The van der Waals surface area contributed by atoms with Crippen molar-refractivity contribution in [2.45, 2.75) is 33.2 Å². The Kier molecular flexibility index (Phi) is 5.33. The third kappa shape index (κ3) is 3.74. The highest BCUT2D eigenvalue weighted by Crippen LogP contribution is 2.14. The summed E-state index contributed by atoms with van der Waals surface area (Å²) in [5, 5.41) is 9.92. The van der Waals surface area contributed by atoms with E-state index in [0.717, 1.165) is 16.5 Å². The van der Waals surface area contributed by atoms with Gasteiger partial charge in [0.05, 0.1) is 6.54 Å². The van der Waals surface area contributed by atoms with Crippen molar-refractivity contribution in [1.29, 1.82) is 0 Å². The molecule has 118 valence electrons. The molecule has 0 bridgehead atoms. The number of pyridine rings is 1. The van der Waals surface area contributed by atoms with E-state index in [1.807, 2.05) is 31.2 Å². The summed E-state index contributed by atoms with van der Waals surface area (Å²) < 4.78 is 0. The van der Waals surface area contributed by atoms with Gasteiger partial charge < -0.3 is 15.0 Å². The van der Waals surface area contributed by atoms with Crippen LogP contribution in [0.15, 0.2) is 29.1 Å². The summed E-state index contributed by atoms with van der Waals surface area (Å²) in [5.41, 5.74) is 2.31. The number of aliphatic hydroxyl groups is 1. The molecule has 2 aromatic rings. The fourth-order valence-corrected chi connectivity index (χ4v) is 2.47. The lowest BCUT2D eigenvalue weighted by Crippen LogP contribution is -2.33. The third-order valence-electron chi connectivity index (χ3n) is 3.68. The molecule has 0 radical (unpaired) electrons. The molecule has 0 aliphatic rings. The molecule has 0 aliphatic carbocycles. The van der Waals surface area contributed by atoms with Gasteiger partial charge in [-0.25, -0.2) is 0 Å². The van der Waals surface area contributed by atoms with Crippen LogP contribution >= 0.6 is 0 Å². The number of aliphatic hydroxyl groups excluding tert-OH is 1. The number of carbonyl (C=O) groups excluding carboxylic acids is 1. The second kappa shape index (κ2) is 7.22. The second-order valence-electron chi connectivity index (χ2n) is 5.46. The molecule has 5 nitrogen and oxygen atoms in total. The lowest BCUT2D eigenvalue weighted by molar-refractivity contribution is -0.131. The van der Waals surface area contributed by atoms with E-state index in [2.05, 4.69) is 4.98 Å². The molecule has 0 saturated heterocycles. The average Bonchev–Trinajstić information content (AvgIpc) is 2.51. The van der Waals surface area contributed by atoms with Crippen molar-refractivity contribution < 1.29 is 9.90 Å². The van der Waals surface area contributed by atoms with Gasteiger partial charge >= 0.3 is 0 Å². The predicted molar refractivity (Wildman–Crippen MR) is 86.7 cm³/mol. The van der Waals surface area contributed by atoms with Crippen LogP contribution in [-0.2, 0) is 11.3 Å². The number of benzene rings is 1. The summed E-state index contributed by atoms with van der Waals surface area (Å²) in [6.07, 6.45) is 0.895. The summed E-state index contributed by atoms with van der Waals surface area (Å²) in [4.78, 5) is 28.7. The number of aryl methyl sites for hydroxylation is 1. The molecule has 2 rings (SSSR count). The van der Waals surface area contributed by atoms with E-state index in [1.165, 1.54) is 0 Å². The van der Waals surface area contributed by atoms with Gasteiger partial charge in [-0.2, -0.15) is 0 Å². The zero-order valence-corrected chi connectivity index (χ0v) is 13.1. The Morgan fingerprint density at radius 2 is 2.09 bits per heavy atom. The average molecular weight is 302 g/mol.